The summed E-state index contributed by atoms with van der Waals surface area (Å²) < 4.78 is 84.8. The van der Waals surface area contributed by atoms with Crippen LogP contribution in [0.4, 0.5) is 26.3 Å². The van der Waals surface area contributed by atoms with Crippen LogP contribution in [0.3, 0.4) is 0 Å². The number of hydrogen-bond acceptors (Lipinski definition) is 3. The third-order valence-electron chi connectivity index (χ3n) is 7.56. The van der Waals surface area contributed by atoms with Gasteiger partial charge in [0.05, 0.1) is 5.41 Å². The zero-order valence-electron chi connectivity index (χ0n) is 18.4. The lowest BCUT2D eigenvalue weighted by atomic mass is 9.60. The van der Waals surface area contributed by atoms with Crippen LogP contribution in [-0.4, -0.2) is 34.6 Å². The monoisotopic (exact) mass is 446 g/mol. The first-order chi connectivity index (χ1) is 13.2. The highest BCUT2D eigenvalue weighted by Gasteiger charge is 2.79. The van der Waals surface area contributed by atoms with E-state index in [0.717, 1.165) is 0 Å². The fraction of sp³-hybridized carbons (Fsp3) is 0.952. The molecule has 0 saturated heterocycles. The lowest BCUT2D eigenvalue weighted by Gasteiger charge is -2.47. The molecule has 1 N–H and O–H groups in total. The molecule has 0 aromatic carbocycles. The van der Waals surface area contributed by atoms with Crippen LogP contribution in [0, 0.1) is 40.9 Å². The van der Waals surface area contributed by atoms with Crippen LogP contribution in [0.25, 0.3) is 0 Å². The van der Waals surface area contributed by atoms with Gasteiger partial charge in [-0.15, -0.1) is 0 Å². The Kier molecular flexibility index (Phi) is 6.13. The van der Waals surface area contributed by atoms with E-state index >= 15 is 0 Å². The number of aliphatic hydroxyl groups is 1. The van der Waals surface area contributed by atoms with Gasteiger partial charge in [0.15, 0.2) is 5.60 Å². The average molecular weight is 446 g/mol. The van der Waals surface area contributed by atoms with E-state index in [-0.39, 0.29) is 23.7 Å². The van der Waals surface area contributed by atoms with Crippen molar-refractivity contribution in [1.82, 2.24) is 0 Å². The van der Waals surface area contributed by atoms with E-state index in [1.54, 1.807) is 6.92 Å². The summed E-state index contributed by atoms with van der Waals surface area (Å²) in [6.07, 6.45) is -11.1. The van der Waals surface area contributed by atoms with Gasteiger partial charge in [-0.05, 0) is 69.1 Å². The Labute approximate surface area is 173 Å². The molecule has 9 heteroatoms. The highest BCUT2D eigenvalue weighted by atomic mass is 19.4. The Morgan fingerprint density at radius 2 is 1.40 bits per heavy atom. The number of carbonyl (C=O) groups excluding carboxylic acids is 1. The van der Waals surface area contributed by atoms with Crippen LogP contribution in [-0.2, 0) is 9.53 Å². The summed E-state index contributed by atoms with van der Waals surface area (Å²) in [5.74, 6) is -0.130. The summed E-state index contributed by atoms with van der Waals surface area (Å²) in [5.41, 5.74) is -9.63. The number of hydrogen-bond donors (Lipinski definition) is 1. The maximum Gasteiger partial charge on any atom is 0.430 e. The third kappa shape index (κ3) is 3.52. The van der Waals surface area contributed by atoms with Crippen molar-refractivity contribution in [1.29, 1.82) is 0 Å². The second-order valence-corrected chi connectivity index (χ2v) is 10.5. The second kappa shape index (κ2) is 7.27. The van der Waals surface area contributed by atoms with Crippen molar-refractivity contribution in [2.24, 2.45) is 40.9 Å². The Hall–Kier alpha value is -0.990. The van der Waals surface area contributed by atoms with Gasteiger partial charge < -0.3 is 9.84 Å². The lowest BCUT2D eigenvalue weighted by Crippen LogP contribution is -2.70. The van der Waals surface area contributed by atoms with Crippen LogP contribution in [0.1, 0.15) is 61.3 Å². The van der Waals surface area contributed by atoms with Gasteiger partial charge >= 0.3 is 18.3 Å². The summed E-state index contributed by atoms with van der Waals surface area (Å²) in [5, 5.41) is 9.75. The fourth-order valence-corrected chi connectivity index (χ4v) is 6.22. The minimum Gasteiger partial charge on any atom is -0.455 e. The van der Waals surface area contributed by atoms with Gasteiger partial charge in [-0.1, -0.05) is 27.7 Å². The molecule has 0 aliphatic heterocycles. The molecule has 3 nitrogen and oxygen atoms in total. The molecule has 5 unspecified atom stereocenters. The molecule has 2 aliphatic carbocycles. The predicted octanol–water partition coefficient (Wildman–Crippen LogP) is 5.75. The molecule has 0 amide bonds. The Bertz CT molecular complexity index is 653. The summed E-state index contributed by atoms with van der Waals surface area (Å²) >= 11 is 0. The van der Waals surface area contributed by atoms with Crippen LogP contribution < -0.4 is 0 Å². The van der Waals surface area contributed by atoms with E-state index in [9.17, 15) is 36.2 Å². The Balaban J connectivity index is 2.38. The first-order valence-corrected chi connectivity index (χ1v) is 10.3. The van der Waals surface area contributed by atoms with Crippen LogP contribution in [0.5, 0.6) is 0 Å². The van der Waals surface area contributed by atoms with Crippen molar-refractivity contribution in [2.75, 3.05) is 0 Å². The summed E-state index contributed by atoms with van der Waals surface area (Å²) in [6.45, 7) is 10.7. The normalized spacial score (nSPS) is 32.9. The molecule has 2 aliphatic rings. The third-order valence-corrected chi connectivity index (χ3v) is 7.56. The highest BCUT2D eigenvalue weighted by molar-refractivity contribution is 5.78. The molecule has 30 heavy (non-hydrogen) atoms. The van der Waals surface area contributed by atoms with E-state index < -0.39 is 34.9 Å². The van der Waals surface area contributed by atoms with Gasteiger partial charge in [-0.2, -0.15) is 26.3 Å². The second-order valence-electron chi connectivity index (χ2n) is 10.5. The molecule has 0 aromatic rings. The standard InChI is InChI=1S/C21H32F6O3/c1-10(2)14-12-8-13(15(14)11(3)4)18(7,9-12)16(28)30-17(5,6)19(29,20(22,23)24)21(25,26)27/h10-15,29H,8-9H2,1-7H3. The van der Waals surface area contributed by atoms with E-state index in [2.05, 4.69) is 13.8 Å². The van der Waals surface area contributed by atoms with Crippen molar-refractivity contribution in [3.05, 3.63) is 0 Å². The van der Waals surface area contributed by atoms with E-state index in [1.165, 1.54) is 0 Å². The molecular weight excluding hydrogens is 414 g/mol. The molecule has 2 fully saturated rings. The van der Waals surface area contributed by atoms with Crippen LogP contribution in [0.15, 0.2) is 0 Å². The largest absolute Gasteiger partial charge is 0.455 e. The van der Waals surface area contributed by atoms with Gasteiger partial charge in [0.25, 0.3) is 5.60 Å². The average Bonchev–Trinajstić information content (AvgIpc) is 3.06. The van der Waals surface area contributed by atoms with Crippen molar-refractivity contribution in [2.45, 2.75) is 84.9 Å². The maximum atomic E-state index is 13.3. The van der Waals surface area contributed by atoms with Crippen LogP contribution in [0.2, 0.25) is 0 Å². The Morgan fingerprint density at radius 3 is 1.77 bits per heavy atom. The number of ether oxygens (including phenoxy) is 1. The SMILES string of the molecule is CC(C)C1C2CC(C1C(C)C)C(C)(C(=O)OC(C)(C)C(O)(C(F)(F)F)C(F)(F)F)C2. The van der Waals surface area contributed by atoms with Crippen molar-refractivity contribution >= 4 is 5.97 Å². The number of esters is 1. The first-order valence-electron chi connectivity index (χ1n) is 10.3. The number of halogens is 6. The van der Waals surface area contributed by atoms with Gasteiger partial charge in [0.1, 0.15) is 0 Å². The van der Waals surface area contributed by atoms with E-state index in [4.69, 9.17) is 4.74 Å². The lowest BCUT2D eigenvalue weighted by molar-refractivity contribution is -0.408. The van der Waals surface area contributed by atoms with E-state index in [0.29, 0.717) is 38.5 Å². The quantitative estimate of drug-likeness (QED) is 0.432. The van der Waals surface area contributed by atoms with Crippen molar-refractivity contribution in [3.63, 3.8) is 0 Å². The molecule has 2 rings (SSSR count). The first kappa shape index (κ1) is 25.3. The minimum atomic E-state index is -6.08. The molecule has 0 aromatic heterocycles. The summed E-state index contributed by atoms with van der Waals surface area (Å²) in [4.78, 5) is 13.0. The number of fused-ring (bicyclic) bond motifs is 2. The zero-order valence-corrected chi connectivity index (χ0v) is 18.4. The fourth-order valence-electron chi connectivity index (χ4n) is 6.22. The topological polar surface area (TPSA) is 46.5 Å². The molecule has 176 valence electrons. The predicted molar refractivity (Wildman–Crippen MR) is 98.2 cm³/mol. The minimum absolute atomic E-state index is 0.119. The van der Waals surface area contributed by atoms with Gasteiger partial charge in [0.2, 0.25) is 0 Å². The molecular formula is C21H32F6O3. The van der Waals surface area contributed by atoms with Gasteiger partial charge in [-0.25, -0.2) is 0 Å². The molecule has 0 spiro atoms. The molecule has 2 bridgehead atoms. The van der Waals surface area contributed by atoms with Gasteiger partial charge in [0, 0.05) is 0 Å². The summed E-state index contributed by atoms with van der Waals surface area (Å²) in [6, 6.07) is 0. The number of rotatable bonds is 5. The maximum absolute atomic E-state index is 13.3. The molecule has 0 heterocycles. The van der Waals surface area contributed by atoms with Crippen molar-refractivity contribution < 1.29 is 41.0 Å². The molecule has 0 radical (unpaired) electrons. The smallest absolute Gasteiger partial charge is 0.430 e. The van der Waals surface area contributed by atoms with Crippen molar-refractivity contribution in [3.8, 4) is 0 Å². The summed E-state index contributed by atoms with van der Waals surface area (Å²) in [7, 11) is 0. The molecule has 5 atom stereocenters. The zero-order chi connectivity index (χ0) is 23.7. The Morgan fingerprint density at radius 1 is 0.967 bits per heavy atom. The van der Waals surface area contributed by atoms with Gasteiger partial charge in [-0.3, -0.25) is 4.79 Å². The van der Waals surface area contributed by atoms with Crippen LogP contribution >= 0.6 is 0 Å². The highest BCUT2D eigenvalue weighted by Crippen LogP contribution is 2.65. The molecule has 2 saturated carbocycles. The number of carbonyl (C=O) groups is 1. The van der Waals surface area contributed by atoms with E-state index in [1.807, 2.05) is 13.8 Å². The number of alkyl halides is 6.